The van der Waals surface area contributed by atoms with Crippen LogP contribution in [-0.2, 0) is 0 Å². The third kappa shape index (κ3) is 2.67. The molecule has 0 aliphatic carbocycles. The molecule has 2 aromatic rings. The molecule has 1 heterocycles. The van der Waals surface area contributed by atoms with Crippen molar-refractivity contribution in [1.82, 2.24) is 9.97 Å². The highest BCUT2D eigenvalue weighted by Crippen LogP contribution is 2.26. The summed E-state index contributed by atoms with van der Waals surface area (Å²) >= 11 is 0. The highest BCUT2D eigenvalue weighted by molar-refractivity contribution is 5.94. The number of carboxylic acids is 1. The molecule has 98 valence electrons. The molecule has 0 amide bonds. The van der Waals surface area contributed by atoms with Crippen LogP contribution in [-0.4, -0.2) is 27.7 Å². The quantitative estimate of drug-likeness (QED) is 0.915. The third-order valence-electron chi connectivity index (χ3n) is 2.45. The zero-order valence-electron chi connectivity index (χ0n) is 10.1. The lowest BCUT2D eigenvalue weighted by Crippen LogP contribution is -2.03. The zero-order valence-corrected chi connectivity index (χ0v) is 10.1. The fourth-order valence-corrected chi connectivity index (χ4v) is 1.64. The summed E-state index contributed by atoms with van der Waals surface area (Å²) in [7, 11) is 0. The Morgan fingerprint density at radius 2 is 2.26 bits per heavy atom. The lowest BCUT2D eigenvalue weighted by molar-refractivity contribution is 0.0697. The number of aromatic nitrogens is 2. The monoisotopic (exact) mass is 262 g/mol. The minimum absolute atomic E-state index is 0.0777. The molecule has 0 atom stereocenters. The van der Waals surface area contributed by atoms with Crippen LogP contribution in [0.3, 0.4) is 0 Å². The van der Waals surface area contributed by atoms with Gasteiger partial charge in [0.1, 0.15) is 11.9 Å². The molecule has 0 aliphatic heterocycles. The predicted molar refractivity (Wildman–Crippen MR) is 65.6 cm³/mol. The van der Waals surface area contributed by atoms with Crippen LogP contribution in [0.2, 0.25) is 0 Å². The average molecular weight is 262 g/mol. The first-order valence-electron chi connectivity index (χ1n) is 5.59. The summed E-state index contributed by atoms with van der Waals surface area (Å²) < 4.78 is 18.8. The number of hydrogen-bond donors (Lipinski definition) is 1. The lowest BCUT2D eigenvalue weighted by Gasteiger charge is -2.08. The molecule has 0 fully saturated rings. The van der Waals surface area contributed by atoms with E-state index < -0.39 is 11.8 Å². The van der Waals surface area contributed by atoms with Crippen LogP contribution < -0.4 is 4.74 Å². The number of ether oxygens (including phenoxy) is 1. The van der Waals surface area contributed by atoms with Crippen molar-refractivity contribution in [1.29, 1.82) is 0 Å². The minimum Gasteiger partial charge on any atom is -0.491 e. The van der Waals surface area contributed by atoms with Gasteiger partial charge >= 0.3 is 5.97 Å². The first-order chi connectivity index (χ1) is 9.13. The van der Waals surface area contributed by atoms with E-state index in [1.807, 2.05) is 0 Å². The van der Waals surface area contributed by atoms with Gasteiger partial charge in [-0.15, -0.1) is 0 Å². The summed E-state index contributed by atoms with van der Waals surface area (Å²) in [6.45, 7) is 2.10. The van der Waals surface area contributed by atoms with Crippen LogP contribution in [0.1, 0.15) is 17.3 Å². The maximum Gasteiger partial charge on any atom is 0.339 e. The van der Waals surface area contributed by atoms with Crippen LogP contribution in [0.15, 0.2) is 30.7 Å². The third-order valence-corrected chi connectivity index (χ3v) is 2.45. The molecule has 1 N–H and O–H groups in total. The molecule has 0 spiro atoms. The van der Waals surface area contributed by atoms with Crippen LogP contribution in [0, 0.1) is 5.82 Å². The number of halogens is 1. The van der Waals surface area contributed by atoms with E-state index in [2.05, 4.69) is 9.97 Å². The molecule has 5 nitrogen and oxygen atoms in total. The second kappa shape index (κ2) is 5.43. The number of carboxylic acid groups (broad SMARTS) is 1. The molecule has 1 aromatic carbocycles. The molecule has 2 rings (SSSR count). The van der Waals surface area contributed by atoms with Gasteiger partial charge in [0.05, 0.1) is 12.3 Å². The van der Waals surface area contributed by atoms with Gasteiger partial charge in [0, 0.05) is 11.8 Å². The molecule has 0 saturated heterocycles. The van der Waals surface area contributed by atoms with Gasteiger partial charge in [0.15, 0.2) is 11.6 Å². The van der Waals surface area contributed by atoms with E-state index >= 15 is 0 Å². The Kier molecular flexibility index (Phi) is 3.70. The molecule has 19 heavy (non-hydrogen) atoms. The number of nitrogens with zero attached hydrogens (tertiary/aromatic N) is 2. The van der Waals surface area contributed by atoms with E-state index in [-0.39, 0.29) is 17.0 Å². The first-order valence-corrected chi connectivity index (χ1v) is 5.59. The number of aromatic carboxylic acids is 1. The van der Waals surface area contributed by atoms with Crippen LogP contribution >= 0.6 is 0 Å². The molecule has 0 radical (unpaired) electrons. The maximum atomic E-state index is 13.7. The maximum absolute atomic E-state index is 13.7. The highest BCUT2D eigenvalue weighted by Gasteiger charge is 2.15. The summed E-state index contributed by atoms with van der Waals surface area (Å²) in [4.78, 5) is 18.6. The van der Waals surface area contributed by atoms with Crippen molar-refractivity contribution in [2.75, 3.05) is 6.61 Å². The van der Waals surface area contributed by atoms with Crippen molar-refractivity contribution in [2.45, 2.75) is 6.92 Å². The molecule has 0 saturated carbocycles. The zero-order chi connectivity index (χ0) is 13.8. The molecule has 6 heteroatoms. The SMILES string of the molecule is CCOc1ccc(-c2ncncc2C(=O)O)cc1F. The van der Waals surface area contributed by atoms with Crippen molar-refractivity contribution < 1.29 is 19.0 Å². The number of carbonyl (C=O) groups is 1. The fourth-order valence-electron chi connectivity index (χ4n) is 1.64. The smallest absolute Gasteiger partial charge is 0.339 e. The van der Waals surface area contributed by atoms with Crippen LogP contribution in [0.5, 0.6) is 5.75 Å². The second-order valence-corrected chi connectivity index (χ2v) is 3.67. The van der Waals surface area contributed by atoms with Crippen molar-refractivity contribution in [3.63, 3.8) is 0 Å². The Labute approximate surface area is 108 Å². The number of rotatable bonds is 4. The first kappa shape index (κ1) is 12.9. The second-order valence-electron chi connectivity index (χ2n) is 3.67. The van der Waals surface area contributed by atoms with Gasteiger partial charge in [-0.3, -0.25) is 0 Å². The molecule has 1 aromatic heterocycles. The van der Waals surface area contributed by atoms with Gasteiger partial charge in [-0.2, -0.15) is 0 Å². The topological polar surface area (TPSA) is 72.3 Å². The van der Waals surface area contributed by atoms with Crippen molar-refractivity contribution in [3.05, 3.63) is 42.1 Å². The number of hydrogen-bond acceptors (Lipinski definition) is 4. The molecule has 0 bridgehead atoms. The summed E-state index contributed by atoms with van der Waals surface area (Å²) in [5.74, 6) is -1.60. The summed E-state index contributed by atoms with van der Waals surface area (Å²) in [6, 6.07) is 4.20. The predicted octanol–water partition coefficient (Wildman–Crippen LogP) is 2.38. The summed E-state index contributed by atoms with van der Waals surface area (Å²) in [6.07, 6.45) is 2.40. The normalized spacial score (nSPS) is 10.2. The molecule has 0 aliphatic rings. The van der Waals surface area contributed by atoms with Crippen molar-refractivity contribution in [3.8, 4) is 17.0 Å². The molecule has 0 unspecified atom stereocenters. The van der Waals surface area contributed by atoms with Crippen molar-refractivity contribution >= 4 is 5.97 Å². The average Bonchev–Trinajstić information content (AvgIpc) is 2.41. The van der Waals surface area contributed by atoms with Gasteiger partial charge < -0.3 is 9.84 Å². The number of benzene rings is 1. The lowest BCUT2D eigenvalue weighted by atomic mass is 10.1. The van der Waals surface area contributed by atoms with Gasteiger partial charge in [-0.1, -0.05) is 0 Å². The van der Waals surface area contributed by atoms with Gasteiger partial charge in [0.2, 0.25) is 0 Å². The van der Waals surface area contributed by atoms with Gasteiger partial charge in [-0.05, 0) is 25.1 Å². The Bertz CT molecular complexity index is 617. The molecular weight excluding hydrogens is 251 g/mol. The molecular formula is C13H11FN2O3. The fraction of sp³-hybridized carbons (Fsp3) is 0.154. The van der Waals surface area contributed by atoms with Crippen molar-refractivity contribution in [2.24, 2.45) is 0 Å². The summed E-state index contributed by atoms with van der Waals surface area (Å²) in [5.41, 5.74) is 0.455. The Balaban J connectivity index is 2.48. The van der Waals surface area contributed by atoms with Crippen LogP contribution in [0.25, 0.3) is 11.3 Å². The standard InChI is InChI=1S/C13H11FN2O3/c1-2-19-11-4-3-8(5-10(11)14)12-9(13(17)18)6-15-7-16-12/h3-7H,2H2,1H3,(H,17,18). The van der Waals surface area contributed by atoms with Crippen LogP contribution in [0.4, 0.5) is 4.39 Å². The van der Waals surface area contributed by atoms with E-state index in [1.165, 1.54) is 24.7 Å². The van der Waals surface area contributed by atoms with E-state index in [1.54, 1.807) is 13.0 Å². The van der Waals surface area contributed by atoms with E-state index in [0.717, 1.165) is 0 Å². The minimum atomic E-state index is -1.16. The largest absolute Gasteiger partial charge is 0.491 e. The van der Waals surface area contributed by atoms with E-state index in [4.69, 9.17) is 9.84 Å². The Morgan fingerprint density at radius 1 is 1.47 bits per heavy atom. The summed E-state index contributed by atoms with van der Waals surface area (Å²) in [5, 5.41) is 9.04. The Hall–Kier alpha value is -2.50. The van der Waals surface area contributed by atoms with E-state index in [0.29, 0.717) is 12.2 Å². The van der Waals surface area contributed by atoms with E-state index in [9.17, 15) is 9.18 Å². The Morgan fingerprint density at radius 3 is 2.89 bits per heavy atom. The van der Waals surface area contributed by atoms with Gasteiger partial charge in [0.25, 0.3) is 0 Å². The van der Waals surface area contributed by atoms with Gasteiger partial charge in [-0.25, -0.2) is 19.2 Å². The highest BCUT2D eigenvalue weighted by atomic mass is 19.1.